The SMILES string of the molecule is O=C(Cn1ccc2cc([N+](=O)[O-])ccc21)N1CCN(c2ccc([N+](=O)[O-])cn2)CC1. The fraction of sp³-hybridized carbons (Fsp3) is 0.263. The summed E-state index contributed by atoms with van der Waals surface area (Å²) in [6.07, 6.45) is 2.98. The number of hydrogen-bond donors (Lipinski definition) is 0. The van der Waals surface area contributed by atoms with Gasteiger partial charge in [0.1, 0.15) is 18.6 Å². The minimum absolute atomic E-state index is 0.0163. The lowest BCUT2D eigenvalue weighted by Crippen LogP contribution is -2.49. The molecule has 1 aliphatic rings. The van der Waals surface area contributed by atoms with Crippen molar-refractivity contribution in [3.63, 3.8) is 0 Å². The van der Waals surface area contributed by atoms with Gasteiger partial charge in [0.05, 0.1) is 9.85 Å². The van der Waals surface area contributed by atoms with Gasteiger partial charge in [0, 0.05) is 61.5 Å². The van der Waals surface area contributed by atoms with E-state index in [2.05, 4.69) is 4.98 Å². The minimum Gasteiger partial charge on any atom is -0.353 e. The molecule has 4 rings (SSSR count). The molecule has 1 aliphatic heterocycles. The van der Waals surface area contributed by atoms with Crippen molar-refractivity contribution in [3.8, 4) is 0 Å². The molecule has 3 heterocycles. The van der Waals surface area contributed by atoms with Crippen LogP contribution in [0.4, 0.5) is 17.2 Å². The van der Waals surface area contributed by atoms with Crippen molar-refractivity contribution in [1.29, 1.82) is 0 Å². The summed E-state index contributed by atoms with van der Waals surface area (Å²) in [6.45, 7) is 2.34. The third-order valence-electron chi connectivity index (χ3n) is 5.17. The molecule has 30 heavy (non-hydrogen) atoms. The first-order valence-electron chi connectivity index (χ1n) is 9.29. The first kappa shape index (κ1) is 19.3. The Hall–Kier alpha value is -4.02. The number of amides is 1. The molecule has 154 valence electrons. The first-order chi connectivity index (χ1) is 14.4. The molecule has 0 spiro atoms. The molecule has 1 aromatic carbocycles. The second-order valence-corrected chi connectivity index (χ2v) is 6.94. The second-order valence-electron chi connectivity index (χ2n) is 6.94. The van der Waals surface area contributed by atoms with Crippen molar-refractivity contribution in [2.45, 2.75) is 6.54 Å². The van der Waals surface area contributed by atoms with Crippen LogP contribution in [-0.4, -0.2) is 56.4 Å². The van der Waals surface area contributed by atoms with Crippen LogP contribution in [0.1, 0.15) is 0 Å². The Morgan fingerprint density at radius 3 is 2.30 bits per heavy atom. The third-order valence-corrected chi connectivity index (χ3v) is 5.17. The number of pyridine rings is 1. The van der Waals surface area contributed by atoms with Crippen LogP contribution in [0.2, 0.25) is 0 Å². The molecule has 1 amide bonds. The smallest absolute Gasteiger partial charge is 0.287 e. The molecule has 1 fully saturated rings. The number of rotatable bonds is 5. The summed E-state index contributed by atoms with van der Waals surface area (Å²) in [5, 5.41) is 22.4. The Labute approximate surface area is 170 Å². The maximum Gasteiger partial charge on any atom is 0.287 e. The molecule has 11 nitrogen and oxygen atoms in total. The van der Waals surface area contributed by atoms with E-state index in [9.17, 15) is 25.0 Å². The molecule has 3 aromatic rings. The Morgan fingerprint density at radius 2 is 1.67 bits per heavy atom. The molecule has 2 aromatic heterocycles. The van der Waals surface area contributed by atoms with E-state index in [1.807, 2.05) is 4.90 Å². The second kappa shape index (κ2) is 7.78. The number of nitro groups is 2. The summed E-state index contributed by atoms with van der Waals surface area (Å²) in [5.74, 6) is 0.604. The average molecular weight is 410 g/mol. The summed E-state index contributed by atoms with van der Waals surface area (Å²) in [4.78, 5) is 41.3. The molecule has 11 heteroatoms. The maximum absolute atomic E-state index is 12.7. The lowest BCUT2D eigenvalue weighted by molar-refractivity contribution is -0.385. The Morgan fingerprint density at radius 1 is 0.967 bits per heavy atom. The summed E-state index contributed by atoms with van der Waals surface area (Å²) >= 11 is 0. The lowest BCUT2D eigenvalue weighted by atomic mass is 10.2. The fourth-order valence-electron chi connectivity index (χ4n) is 3.54. The summed E-state index contributed by atoms with van der Waals surface area (Å²) in [5.41, 5.74) is 0.724. The topological polar surface area (TPSA) is 128 Å². The standard InChI is InChI=1S/C19H18N6O5/c26-19(13-23-6-5-14-11-15(24(27)28)1-3-17(14)23)22-9-7-21(8-10-22)18-4-2-16(12-20-18)25(29)30/h1-6,11-12H,7-10,13H2. The van der Waals surface area contributed by atoms with E-state index in [-0.39, 0.29) is 23.8 Å². The highest BCUT2D eigenvalue weighted by Gasteiger charge is 2.23. The predicted molar refractivity (Wildman–Crippen MR) is 108 cm³/mol. The quantitative estimate of drug-likeness (QED) is 0.466. The van der Waals surface area contributed by atoms with E-state index < -0.39 is 9.85 Å². The minimum atomic E-state index is -0.490. The van der Waals surface area contributed by atoms with Crippen LogP contribution in [0.15, 0.2) is 48.8 Å². The largest absolute Gasteiger partial charge is 0.353 e. The van der Waals surface area contributed by atoms with E-state index in [0.29, 0.717) is 37.4 Å². The van der Waals surface area contributed by atoms with Gasteiger partial charge in [-0.25, -0.2) is 4.98 Å². The van der Waals surface area contributed by atoms with Crippen molar-refractivity contribution in [1.82, 2.24) is 14.5 Å². The highest BCUT2D eigenvalue weighted by atomic mass is 16.6. The molecule has 0 N–H and O–H groups in total. The van der Waals surface area contributed by atoms with Crippen LogP contribution < -0.4 is 4.90 Å². The van der Waals surface area contributed by atoms with Gasteiger partial charge in [-0.3, -0.25) is 25.0 Å². The number of anilines is 1. The number of carbonyl (C=O) groups excluding carboxylic acids is 1. The third kappa shape index (κ3) is 3.77. The first-order valence-corrected chi connectivity index (χ1v) is 9.29. The Bertz CT molecular complexity index is 1120. The average Bonchev–Trinajstić information content (AvgIpc) is 3.16. The zero-order valence-corrected chi connectivity index (χ0v) is 15.9. The number of nitrogens with zero attached hydrogens (tertiary/aromatic N) is 6. The Balaban J connectivity index is 1.38. The highest BCUT2D eigenvalue weighted by molar-refractivity contribution is 5.85. The van der Waals surface area contributed by atoms with E-state index >= 15 is 0 Å². The van der Waals surface area contributed by atoms with Gasteiger partial charge >= 0.3 is 0 Å². The number of hydrogen-bond acceptors (Lipinski definition) is 7. The van der Waals surface area contributed by atoms with Gasteiger partial charge in [-0.2, -0.15) is 0 Å². The molecular formula is C19H18N6O5. The van der Waals surface area contributed by atoms with Crippen LogP contribution in [0.25, 0.3) is 10.9 Å². The molecule has 1 saturated heterocycles. The number of aromatic nitrogens is 2. The summed E-state index contributed by atoms with van der Waals surface area (Å²) in [7, 11) is 0. The molecule has 0 radical (unpaired) electrons. The van der Waals surface area contributed by atoms with Gasteiger partial charge < -0.3 is 14.4 Å². The molecule has 0 bridgehead atoms. The van der Waals surface area contributed by atoms with Gasteiger partial charge in [0.15, 0.2) is 0 Å². The van der Waals surface area contributed by atoms with Crippen LogP contribution in [0.3, 0.4) is 0 Å². The van der Waals surface area contributed by atoms with Gasteiger partial charge in [-0.05, 0) is 18.2 Å². The van der Waals surface area contributed by atoms with Crippen molar-refractivity contribution in [3.05, 3.63) is 69.0 Å². The van der Waals surface area contributed by atoms with Gasteiger partial charge in [-0.1, -0.05) is 0 Å². The van der Waals surface area contributed by atoms with Gasteiger partial charge in [0.25, 0.3) is 11.4 Å². The van der Waals surface area contributed by atoms with Crippen LogP contribution in [-0.2, 0) is 11.3 Å². The number of fused-ring (bicyclic) bond motifs is 1. The fourth-order valence-corrected chi connectivity index (χ4v) is 3.54. The number of carbonyl (C=O) groups is 1. The normalized spacial score (nSPS) is 14.1. The number of nitro benzene ring substituents is 1. The monoisotopic (exact) mass is 410 g/mol. The van der Waals surface area contributed by atoms with Gasteiger partial charge in [0.2, 0.25) is 5.91 Å². The zero-order chi connectivity index (χ0) is 21.3. The molecule has 0 saturated carbocycles. The van der Waals surface area contributed by atoms with Crippen LogP contribution in [0.5, 0.6) is 0 Å². The van der Waals surface area contributed by atoms with E-state index in [1.165, 1.54) is 24.4 Å². The van der Waals surface area contributed by atoms with E-state index in [0.717, 1.165) is 5.52 Å². The van der Waals surface area contributed by atoms with Crippen molar-refractivity contribution >= 4 is 34.0 Å². The zero-order valence-electron chi connectivity index (χ0n) is 15.9. The molecule has 0 aliphatic carbocycles. The summed E-state index contributed by atoms with van der Waals surface area (Å²) < 4.78 is 1.78. The van der Waals surface area contributed by atoms with Gasteiger partial charge in [-0.15, -0.1) is 0 Å². The van der Waals surface area contributed by atoms with Crippen molar-refractivity contribution < 1.29 is 14.6 Å². The molecule has 0 unspecified atom stereocenters. The predicted octanol–water partition coefficient (Wildman–Crippen LogP) is 2.20. The van der Waals surface area contributed by atoms with Crippen molar-refractivity contribution in [2.75, 3.05) is 31.1 Å². The van der Waals surface area contributed by atoms with Crippen molar-refractivity contribution in [2.24, 2.45) is 0 Å². The van der Waals surface area contributed by atoms with Crippen LogP contribution >= 0.6 is 0 Å². The molecular weight excluding hydrogens is 392 g/mol. The lowest BCUT2D eigenvalue weighted by Gasteiger charge is -2.35. The maximum atomic E-state index is 12.7. The van der Waals surface area contributed by atoms with Crippen LogP contribution in [0, 0.1) is 20.2 Å². The molecule has 0 atom stereocenters. The van der Waals surface area contributed by atoms with E-state index in [1.54, 1.807) is 33.9 Å². The number of non-ortho nitro benzene ring substituents is 1. The highest BCUT2D eigenvalue weighted by Crippen LogP contribution is 2.22. The number of piperazine rings is 1. The Kier molecular flexibility index (Phi) is 5.00. The summed E-state index contributed by atoms with van der Waals surface area (Å²) in [6, 6.07) is 9.36. The van der Waals surface area contributed by atoms with E-state index in [4.69, 9.17) is 0 Å². The number of benzene rings is 1.